The first-order valence-corrected chi connectivity index (χ1v) is 9.98. The van der Waals surface area contributed by atoms with Gasteiger partial charge in [0.2, 0.25) is 0 Å². The first-order chi connectivity index (χ1) is 13.7. The first kappa shape index (κ1) is 18.7. The topological polar surface area (TPSA) is 57.4 Å². The Hall–Kier alpha value is -2.63. The number of nitrogens with one attached hydrogen (secondary N) is 2. The number of amides is 1. The van der Waals surface area contributed by atoms with Crippen molar-refractivity contribution in [2.75, 3.05) is 19.8 Å². The molecule has 2 atom stereocenters. The molecule has 0 saturated carbocycles. The summed E-state index contributed by atoms with van der Waals surface area (Å²) in [5, 5.41) is 4.64. The fraction of sp³-hybridized carbons (Fsp3) is 0.348. The zero-order chi connectivity index (χ0) is 19.3. The Labute approximate surface area is 165 Å². The second-order valence-corrected chi connectivity index (χ2v) is 7.35. The van der Waals surface area contributed by atoms with E-state index in [9.17, 15) is 4.79 Å². The second kappa shape index (κ2) is 8.59. The number of carbonyl (C=O) groups is 1. The van der Waals surface area contributed by atoms with E-state index < -0.39 is 0 Å². The maximum Gasteiger partial charge on any atom is 0.270 e. The minimum absolute atomic E-state index is 0.0380. The smallest absolute Gasteiger partial charge is 0.270 e. The van der Waals surface area contributed by atoms with E-state index in [2.05, 4.69) is 34.6 Å². The predicted octanol–water partition coefficient (Wildman–Crippen LogP) is 3.58. The van der Waals surface area contributed by atoms with Crippen molar-refractivity contribution >= 4 is 16.8 Å². The van der Waals surface area contributed by atoms with Crippen LogP contribution in [-0.4, -0.2) is 47.6 Å². The maximum absolute atomic E-state index is 13.1. The molecule has 1 aliphatic rings. The van der Waals surface area contributed by atoms with Crippen molar-refractivity contribution in [3.05, 3.63) is 71.9 Å². The van der Waals surface area contributed by atoms with Crippen LogP contribution >= 0.6 is 0 Å². The fourth-order valence-electron chi connectivity index (χ4n) is 3.94. The summed E-state index contributed by atoms with van der Waals surface area (Å²) in [4.78, 5) is 18.3. The molecular weight excluding hydrogens is 350 g/mol. The third kappa shape index (κ3) is 4.11. The van der Waals surface area contributed by atoms with E-state index in [-0.39, 0.29) is 18.0 Å². The third-order valence-electron chi connectivity index (χ3n) is 5.43. The van der Waals surface area contributed by atoms with Crippen LogP contribution in [0.25, 0.3) is 10.9 Å². The molecule has 28 heavy (non-hydrogen) atoms. The third-order valence-corrected chi connectivity index (χ3v) is 5.43. The van der Waals surface area contributed by atoms with E-state index in [1.54, 1.807) is 0 Å². The van der Waals surface area contributed by atoms with Crippen LogP contribution < -0.4 is 5.32 Å². The van der Waals surface area contributed by atoms with E-state index in [1.807, 2.05) is 48.2 Å². The van der Waals surface area contributed by atoms with Crippen molar-refractivity contribution < 1.29 is 9.53 Å². The predicted molar refractivity (Wildman–Crippen MR) is 111 cm³/mol. The fourth-order valence-corrected chi connectivity index (χ4v) is 3.94. The highest BCUT2D eigenvalue weighted by Crippen LogP contribution is 2.20. The van der Waals surface area contributed by atoms with Gasteiger partial charge >= 0.3 is 0 Å². The number of hydrogen-bond donors (Lipinski definition) is 2. The van der Waals surface area contributed by atoms with E-state index in [0.717, 1.165) is 23.9 Å². The Balaban J connectivity index is 1.42. The summed E-state index contributed by atoms with van der Waals surface area (Å²) in [6.07, 6.45) is 0.895. The van der Waals surface area contributed by atoms with E-state index in [0.29, 0.717) is 25.5 Å². The van der Waals surface area contributed by atoms with Crippen LogP contribution in [0.3, 0.4) is 0 Å². The highest BCUT2D eigenvalue weighted by molar-refractivity contribution is 5.98. The maximum atomic E-state index is 13.1. The van der Waals surface area contributed by atoms with E-state index >= 15 is 0 Å². The minimum atomic E-state index is 0.0380. The molecule has 0 bridgehead atoms. The Morgan fingerprint density at radius 2 is 1.93 bits per heavy atom. The zero-order valence-corrected chi connectivity index (χ0v) is 16.2. The van der Waals surface area contributed by atoms with E-state index in [1.165, 1.54) is 5.56 Å². The summed E-state index contributed by atoms with van der Waals surface area (Å²) in [5.41, 5.74) is 2.89. The van der Waals surface area contributed by atoms with Crippen LogP contribution in [0.4, 0.5) is 0 Å². The Kier molecular flexibility index (Phi) is 5.74. The highest BCUT2D eigenvalue weighted by atomic mass is 16.5. The summed E-state index contributed by atoms with van der Waals surface area (Å²) < 4.78 is 5.84. The normalized spacial score (nSPS) is 19.6. The Morgan fingerprint density at radius 3 is 2.71 bits per heavy atom. The molecule has 1 amide bonds. The van der Waals surface area contributed by atoms with Gasteiger partial charge in [0.1, 0.15) is 5.69 Å². The Morgan fingerprint density at radius 1 is 1.14 bits per heavy atom. The van der Waals surface area contributed by atoms with Gasteiger partial charge < -0.3 is 19.9 Å². The molecule has 146 valence electrons. The molecular formula is C23H27N3O2. The minimum Gasteiger partial charge on any atom is -0.378 e. The summed E-state index contributed by atoms with van der Waals surface area (Å²) in [7, 11) is 0. The average molecular weight is 377 g/mol. The molecule has 4 rings (SSSR count). The Bertz CT molecular complexity index is 889. The lowest BCUT2D eigenvalue weighted by molar-refractivity contribution is 0.00277. The molecule has 2 N–H and O–H groups in total. The van der Waals surface area contributed by atoms with Crippen molar-refractivity contribution in [3.8, 4) is 0 Å². The number of carbonyl (C=O) groups excluding carboxylic acids is 1. The number of H-pyrrole nitrogens is 1. The average Bonchev–Trinajstić information content (AvgIpc) is 3.18. The number of fused-ring (bicyclic) bond motifs is 1. The van der Waals surface area contributed by atoms with Crippen molar-refractivity contribution in [2.24, 2.45) is 0 Å². The molecule has 2 aromatic carbocycles. The van der Waals surface area contributed by atoms with Crippen molar-refractivity contribution in [1.82, 2.24) is 15.2 Å². The molecule has 1 saturated heterocycles. The lowest BCUT2D eigenvalue weighted by Crippen LogP contribution is -2.51. The van der Waals surface area contributed by atoms with Crippen LogP contribution in [0, 0.1) is 0 Å². The van der Waals surface area contributed by atoms with Gasteiger partial charge in [-0.25, -0.2) is 0 Å². The number of rotatable bonds is 6. The molecule has 0 aliphatic carbocycles. The van der Waals surface area contributed by atoms with Gasteiger partial charge in [0.25, 0.3) is 5.91 Å². The van der Waals surface area contributed by atoms with Gasteiger partial charge in [-0.2, -0.15) is 0 Å². The summed E-state index contributed by atoms with van der Waals surface area (Å²) in [6.45, 7) is 4.77. The molecule has 3 aromatic rings. The lowest BCUT2D eigenvalue weighted by atomic mass is 10.0. The number of benzene rings is 2. The van der Waals surface area contributed by atoms with Gasteiger partial charge in [0.05, 0.1) is 19.3 Å². The molecule has 5 heteroatoms. The van der Waals surface area contributed by atoms with Crippen molar-refractivity contribution in [1.29, 1.82) is 0 Å². The van der Waals surface area contributed by atoms with Gasteiger partial charge in [-0.15, -0.1) is 0 Å². The number of nitrogens with zero attached hydrogens (tertiary/aromatic N) is 1. The molecule has 0 radical (unpaired) electrons. The van der Waals surface area contributed by atoms with Crippen molar-refractivity contribution in [2.45, 2.75) is 32.0 Å². The lowest BCUT2D eigenvalue weighted by Gasteiger charge is -2.37. The highest BCUT2D eigenvalue weighted by Gasteiger charge is 2.30. The largest absolute Gasteiger partial charge is 0.378 e. The molecule has 2 unspecified atom stereocenters. The number of ether oxygens (including phenoxy) is 1. The van der Waals surface area contributed by atoms with Gasteiger partial charge in [-0.1, -0.05) is 48.5 Å². The molecule has 1 aromatic heterocycles. The summed E-state index contributed by atoms with van der Waals surface area (Å²) in [6, 6.07) is 20.6. The molecule has 1 aliphatic heterocycles. The SMILES string of the molecule is CCN(C(=O)c1cc2ccccc2[nH]1)C1COCC(NCc2ccccc2)C1. The van der Waals surface area contributed by atoms with E-state index in [4.69, 9.17) is 4.74 Å². The van der Waals surface area contributed by atoms with Crippen molar-refractivity contribution in [3.63, 3.8) is 0 Å². The van der Waals surface area contributed by atoms with Crippen LogP contribution in [0.2, 0.25) is 0 Å². The first-order valence-electron chi connectivity index (χ1n) is 9.98. The number of hydrogen-bond acceptors (Lipinski definition) is 3. The van der Waals surface area contributed by atoms with Crippen LogP contribution in [0.15, 0.2) is 60.7 Å². The zero-order valence-electron chi connectivity index (χ0n) is 16.2. The summed E-state index contributed by atoms with van der Waals surface area (Å²) in [5.74, 6) is 0.0380. The van der Waals surface area contributed by atoms with Crippen LogP contribution in [0.1, 0.15) is 29.4 Å². The number of likely N-dealkylation sites (N-methyl/N-ethyl adjacent to an activating group) is 1. The van der Waals surface area contributed by atoms with Crippen LogP contribution in [0.5, 0.6) is 0 Å². The molecule has 2 heterocycles. The van der Waals surface area contributed by atoms with Crippen LogP contribution in [-0.2, 0) is 11.3 Å². The summed E-state index contributed by atoms with van der Waals surface area (Å²) >= 11 is 0. The van der Waals surface area contributed by atoms with Gasteiger partial charge in [-0.3, -0.25) is 4.79 Å². The monoisotopic (exact) mass is 377 g/mol. The number of para-hydroxylation sites is 1. The number of aromatic nitrogens is 1. The standard InChI is InChI=1S/C23H27N3O2/c1-2-26(23(27)22-12-18-10-6-7-11-21(18)25-22)20-13-19(15-28-16-20)24-14-17-8-4-3-5-9-17/h3-12,19-20,24-25H,2,13-16H2,1H3. The molecule has 5 nitrogen and oxygen atoms in total. The molecule has 1 fully saturated rings. The second-order valence-electron chi connectivity index (χ2n) is 7.35. The molecule has 0 spiro atoms. The van der Waals surface area contributed by atoms with Gasteiger partial charge in [0, 0.05) is 30.0 Å². The quantitative estimate of drug-likeness (QED) is 0.690. The van der Waals surface area contributed by atoms with Gasteiger partial charge in [-0.05, 0) is 31.0 Å². The van der Waals surface area contributed by atoms with Gasteiger partial charge in [0.15, 0.2) is 0 Å². The number of aromatic amines is 1.